The molecule has 7 nitrogen and oxygen atoms in total. The van der Waals surface area contributed by atoms with Crippen molar-refractivity contribution in [2.24, 2.45) is 14.1 Å². The minimum absolute atomic E-state index is 0.214. The Morgan fingerprint density at radius 3 is 2.80 bits per heavy atom. The number of benzene rings is 1. The van der Waals surface area contributed by atoms with Crippen molar-refractivity contribution in [3.8, 4) is 5.75 Å². The number of nitrogens with one attached hydrogen (secondary N) is 1. The van der Waals surface area contributed by atoms with Crippen LogP contribution in [0.4, 0.5) is 5.69 Å². The third-order valence-electron chi connectivity index (χ3n) is 3.92. The second-order valence-corrected chi connectivity index (χ2v) is 6.34. The molecule has 3 rings (SSSR count). The van der Waals surface area contributed by atoms with Crippen LogP contribution < -0.4 is 15.6 Å². The molecule has 0 aliphatic heterocycles. The Bertz CT molecular complexity index is 950. The summed E-state index contributed by atoms with van der Waals surface area (Å²) >= 11 is 3.35. The van der Waals surface area contributed by atoms with Crippen LogP contribution in [0.2, 0.25) is 0 Å². The van der Waals surface area contributed by atoms with Crippen LogP contribution in [0.5, 0.6) is 5.75 Å². The largest absolute Gasteiger partial charge is 0.497 e. The zero-order chi connectivity index (χ0) is 18.0. The van der Waals surface area contributed by atoms with Crippen LogP contribution in [-0.4, -0.2) is 26.4 Å². The molecule has 0 saturated carbocycles. The average molecular weight is 404 g/mol. The molecule has 3 aromatic rings. The molecule has 25 heavy (non-hydrogen) atoms. The third-order valence-corrected chi connectivity index (χ3v) is 4.69. The molecule has 1 atom stereocenters. The van der Waals surface area contributed by atoms with E-state index >= 15 is 0 Å². The molecule has 1 unspecified atom stereocenters. The predicted molar refractivity (Wildman–Crippen MR) is 98.8 cm³/mol. The number of methoxy groups -OCH3 is 1. The summed E-state index contributed by atoms with van der Waals surface area (Å²) in [4.78, 5) is 16.6. The Morgan fingerprint density at radius 1 is 1.32 bits per heavy atom. The highest BCUT2D eigenvalue weighted by Gasteiger charge is 2.21. The van der Waals surface area contributed by atoms with Gasteiger partial charge in [-0.05, 0) is 33.6 Å². The average Bonchev–Trinajstić information content (AvgIpc) is 3.05. The summed E-state index contributed by atoms with van der Waals surface area (Å²) in [6.45, 7) is 0. The van der Waals surface area contributed by atoms with Gasteiger partial charge in [0.25, 0.3) is 5.56 Å². The highest BCUT2D eigenvalue weighted by Crippen LogP contribution is 2.29. The predicted octanol–water partition coefficient (Wildman–Crippen LogP) is 2.49. The fourth-order valence-corrected chi connectivity index (χ4v) is 3.01. The number of aromatic nitrogens is 4. The van der Waals surface area contributed by atoms with Gasteiger partial charge in [0, 0.05) is 26.5 Å². The topological polar surface area (TPSA) is 74.0 Å². The molecule has 2 aromatic heterocycles. The van der Waals surface area contributed by atoms with Gasteiger partial charge in [0.2, 0.25) is 0 Å². The van der Waals surface area contributed by atoms with Gasteiger partial charge in [-0.3, -0.25) is 4.79 Å². The molecular weight excluding hydrogens is 386 g/mol. The van der Waals surface area contributed by atoms with Crippen molar-refractivity contribution in [3.63, 3.8) is 0 Å². The molecule has 0 radical (unpaired) electrons. The molecule has 0 bridgehead atoms. The van der Waals surface area contributed by atoms with Gasteiger partial charge in [-0.25, -0.2) is 9.67 Å². The van der Waals surface area contributed by atoms with Crippen LogP contribution >= 0.6 is 15.9 Å². The van der Waals surface area contributed by atoms with Crippen LogP contribution in [-0.2, 0) is 14.1 Å². The Morgan fingerprint density at radius 2 is 2.12 bits per heavy atom. The maximum atomic E-state index is 12.1. The van der Waals surface area contributed by atoms with E-state index in [0.29, 0.717) is 10.2 Å². The number of aryl methyl sites for hydroxylation is 2. The summed E-state index contributed by atoms with van der Waals surface area (Å²) in [5.74, 6) is 1.56. The normalized spacial score (nSPS) is 12.0. The number of imidazole rings is 1. The molecule has 0 spiro atoms. The van der Waals surface area contributed by atoms with Gasteiger partial charge in [-0.1, -0.05) is 12.1 Å². The van der Waals surface area contributed by atoms with E-state index < -0.39 is 0 Å². The lowest BCUT2D eigenvalue weighted by Gasteiger charge is -2.21. The highest BCUT2D eigenvalue weighted by atomic mass is 79.9. The number of rotatable bonds is 5. The number of halogens is 1. The van der Waals surface area contributed by atoms with Crippen LogP contribution in [0, 0.1) is 0 Å². The van der Waals surface area contributed by atoms with Gasteiger partial charge in [-0.2, -0.15) is 5.10 Å². The van der Waals surface area contributed by atoms with Crippen LogP contribution in [0.3, 0.4) is 0 Å². The van der Waals surface area contributed by atoms with Gasteiger partial charge in [0.05, 0.1) is 19.0 Å². The summed E-state index contributed by atoms with van der Waals surface area (Å²) in [5, 5.41) is 7.45. The van der Waals surface area contributed by atoms with Crippen molar-refractivity contribution in [1.29, 1.82) is 0 Å². The Labute approximate surface area is 153 Å². The molecule has 0 aliphatic carbocycles. The second-order valence-electron chi connectivity index (χ2n) is 5.55. The van der Waals surface area contributed by atoms with Crippen molar-refractivity contribution < 1.29 is 4.74 Å². The number of anilines is 1. The number of nitrogens with zero attached hydrogens (tertiary/aromatic N) is 4. The lowest BCUT2D eigenvalue weighted by molar-refractivity contribution is 0.414. The fourth-order valence-electron chi connectivity index (χ4n) is 2.54. The second kappa shape index (κ2) is 7.10. The molecule has 1 aromatic carbocycles. The van der Waals surface area contributed by atoms with E-state index in [2.05, 4.69) is 31.3 Å². The molecule has 0 amide bonds. The smallest absolute Gasteiger partial charge is 0.282 e. The minimum atomic E-state index is -0.277. The van der Waals surface area contributed by atoms with Crippen molar-refractivity contribution >= 4 is 21.6 Å². The van der Waals surface area contributed by atoms with Gasteiger partial charge < -0.3 is 14.6 Å². The first kappa shape index (κ1) is 17.2. The SMILES string of the molecule is COc1cccc(C(Nc2cnn(C)c(=O)c2Br)c2nccn2C)c1. The zero-order valence-electron chi connectivity index (χ0n) is 14.1. The fraction of sp³-hybridized carbons (Fsp3) is 0.235. The molecule has 8 heteroatoms. The summed E-state index contributed by atoms with van der Waals surface area (Å²) in [6, 6.07) is 7.45. The van der Waals surface area contributed by atoms with Crippen molar-refractivity contribution in [2.45, 2.75) is 6.04 Å². The molecule has 0 fully saturated rings. The number of hydrogen-bond donors (Lipinski definition) is 1. The van der Waals surface area contributed by atoms with E-state index in [9.17, 15) is 4.79 Å². The number of ether oxygens (including phenoxy) is 1. The van der Waals surface area contributed by atoms with Gasteiger partial charge in [-0.15, -0.1) is 0 Å². The third kappa shape index (κ3) is 3.43. The molecule has 1 N–H and O–H groups in total. The highest BCUT2D eigenvalue weighted by molar-refractivity contribution is 9.10. The lowest BCUT2D eigenvalue weighted by Crippen LogP contribution is -2.23. The summed E-state index contributed by atoms with van der Waals surface area (Å²) in [5.41, 5.74) is 1.34. The maximum absolute atomic E-state index is 12.1. The van der Waals surface area contributed by atoms with E-state index in [1.807, 2.05) is 42.1 Å². The van der Waals surface area contributed by atoms with Crippen molar-refractivity contribution in [1.82, 2.24) is 19.3 Å². The minimum Gasteiger partial charge on any atom is -0.497 e. The zero-order valence-corrected chi connectivity index (χ0v) is 15.7. The van der Waals surface area contributed by atoms with Crippen molar-refractivity contribution in [2.75, 3.05) is 12.4 Å². The van der Waals surface area contributed by atoms with E-state index in [-0.39, 0.29) is 11.6 Å². The Hall–Kier alpha value is -2.61. The number of hydrogen-bond acceptors (Lipinski definition) is 5. The van der Waals surface area contributed by atoms with Crippen LogP contribution in [0.25, 0.3) is 0 Å². The van der Waals surface area contributed by atoms with E-state index in [1.165, 1.54) is 4.68 Å². The molecule has 0 saturated heterocycles. The quantitative estimate of drug-likeness (QED) is 0.708. The van der Waals surface area contributed by atoms with Gasteiger partial charge >= 0.3 is 0 Å². The first-order chi connectivity index (χ1) is 12.0. The van der Waals surface area contributed by atoms with Crippen molar-refractivity contribution in [3.05, 3.63) is 69.1 Å². The first-order valence-corrected chi connectivity index (χ1v) is 8.40. The maximum Gasteiger partial charge on any atom is 0.282 e. The molecule has 0 aliphatic rings. The Balaban J connectivity index is 2.08. The molecular formula is C17H18BrN5O2. The summed E-state index contributed by atoms with van der Waals surface area (Å²) in [6.07, 6.45) is 5.23. The Kier molecular flexibility index (Phi) is 4.89. The lowest BCUT2D eigenvalue weighted by atomic mass is 10.1. The van der Waals surface area contributed by atoms with E-state index in [0.717, 1.165) is 17.1 Å². The standard InChI is InChI=1S/C17H18BrN5O2/c1-22-8-7-19-16(22)15(11-5-4-6-12(9-11)25-3)21-13-10-20-23(2)17(24)14(13)18/h4-10,15,21H,1-3H3. The summed E-state index contributed by atoms with van der Waals surface area (Å²) < 4.78 is 8.96. The monoisotopic (exact) mass is 403 g/mol. The van der Waals surface area contributed by atoms with Gasteiger partial charge in [0.1, 0.15) is 22.1 Å². The van der Waals surface area contributed by atoms with Gasteiger partial charge in [0.15, 0.2) is 0 Å². The molecule has 2 heterocycles. The molecule has 130 valence electrons. The first-order valence-electron chi connectivity index (χ1n) is 7.60. The van der Waals surface area contributed by atoms with E-state index in [4.69, 9.17) is 4.74 Å². The summed E-state index contributed by atoms with van der Waals surface area (Å²) in [7, 11) is 5.16. The van der Waals surface area contributed by atoms with Crippen LogP contribution in [0.1, 0.15) is 17.4 Å². The van der Waals surface area contributed by atoms with E-state index in [1.54, 1.807) is 26.6 Å². The van der Waals surface area contributed by atoms with Crippen LogP contribution in [0.15, 0.2) is 52.1 Å².